The molecule has 2 rings (SSSR count). The van der Waals surface area contributed by atoms with Gasteiger partial charge < -0.3 is 0 Å². The number of rotatable bonds is 2. The minimum Gasteiger partial charge on any atom is -0.216 e. The quantitative estimate of drug-likeness (QED) is 0.746. The fraction of sp³-hybridized carbons (Fsp3) is 0.182. The summed E-state index contributed by atoms with van der Waals surface area (Å²) in [6.45, 7) is 1.95. The molecule has 0 atom stereocenters. The van der Waals surface area contributed by atoms with Gasteiger partial charge in [0.1, 0.15) is 0 Å². The van der Waals surface area contributed by atoms with Crippen molar-refractivity contribution in [3.63, 3.8) is 0 Å². The van der Waals surface area contributed by atoms with Gasteiger partial charge >= 0.3 is 0 Å². The molecule has 0 bridgehead atoms. The molecule has 0 saturated carbocycles. The second kappa shape index (κ2) is 4.33. The van der Waals surface area contributed by atoms with Crippen LogP contribution in [0.4, 0.5) is 0 Å². The number of aromatic nitrogens is 3. The zero-order valence-corrected chi connectivity index (χ0v) is 9.44. The van der Waals surface area contributed by atoms with E-state index in [1.165, 1.54) is 0 Å². The Hall–Kier alpha value is -1.86. The fourth-order valence-corrected chi connectivity index (χ4v) is 1.64. The van der Waals surface area contributed by atoms with E-state index in [0.717, 1.165) is 16.9 Å². The molecule has 0 saturated heterocycles. The Bertz CT molecular complexity index is 553. The number of halogens is 1. The van der Waals surface area contributed by atoms with E-state index in [2.05, 4.69) is 16.4 Å². The molecule has 0 N–H and O–H groups in total. The predicted molar refractivity (Wildman–Crippen MR) is 60.4 cm³/mol. The van der Waals surface area contributed by atoms with Gasteiger partial charge in [0.15, 0.2) is 0 Å². The smallest absolute Gasteiger partial charge is 0.0992 e. The molecule has 5 heteroatoms. The van der Waals surface area contributed by atoms with Gasteiger partial charge in [-0.3, -0.25) is 0 Å². The Morgan fingerprint density at radius 1 is 1.50 bits per heavy atom. The standard InChI is InChI=1S/C11H9ClN4/c1-8-2-3-9(6-13)4-11(8)16-10(5-12)7-14-15-16/h2-4,7H,5H2,1H3. The van der Waals surface area contributed by atoms with Crippen LogP contribution >= 0.6 is 11.6 Å². The first-order chi connectivity index (χ1) is 7.76. The summed E-state index contributed by atoms with van der Waals surface area (Å²) < 4.78 is 1.66. The number of nitriles is 1. The second-order valence-electron chi connectivity index (χ2n) is 3.38. The Labute approximate surface area is 98.1 Å². The Morgan fingerprint density at radius 3 is 3.00 bits per heavy atom. The van der Waals surface area contributed by atoms with Crippen LogP contribution in [0.2, 0.25) is 0 Å². The molecule has 0 amide bonds. The van der Waals surface area contributed by atoms with Crippen molar-refractivity contribution >= 4 is 11.6 Å². The van der Waals surface area contributed by atoms with Crippen molar-refractivity contribution in [1.82, 2.24) is 15.0 Å². The molecule has 16 heavy (non-hydrogen) atoms. The molecule has 1 heterocycles. The molecule has 0 aliphatic rings. The van der Waals surface area contributed by atoms with Crippen LogP contribution in [-0.2, 0) is 5.88 Å². The average molecular weight is 233 g/mol. The summed E-state index contributed by atoms with van der Waals surface area (Å²) in [5.41, 5.74) is 3.26. The van der Waals surface area contributed by atoms with E-state index in [1.807, 2.05) is 13.0 Å². The summed E-state index contributed by atoms with van der Waals surface area (Å²) in [7, 11) is 0. The van der Waals surface area contributed by atoms with Gasteiger partial charge in [0, 0.05) is 0 Å². The molecular formula is C11H9ClN4. The minimum atomic E-state index is 0.337. The van der Waals surface area contributed by atoms with Crippen molar-refractivity contribution in [3.8, 4) is 11.8 Å². The van der Waals surface area contributed by atoms with E-state index in [9.17, 15) is 0 Å². The van der Waals surface area contributed by atoms with Crippen LogP contribution < -0.4 is 0 Å². The lowest BCUT2D eigenvalue weighted by molar-refractivity contribution is 0.776. The third kappa shape index (κ3) is 1.77. The zero-order chi connectivity index (χ0) is 11.5. The largest absolute Gasteiger partial charge is 0.216 e. The summed E-state index contributed by atoms with van der Waals surface area (Å²) in [5, 5.41) is 16.6. The van der Waals surface area contributed by atoms with Crippen LogP contribution in [0.3, 0.4) is 0 Å². The normalized spacial score (nSPS) is 10.1. The van der Waals surface area contributed by atoms with Gasteiger partial charge in [-0.05, 0) is 24.6 Å². The van der Waals surface area contributed by atoms with Crippen LogP contribution in [0, 0.1) is 18.3 Å². The predicted octanol–water partition coefficient (Wildman–Crippen LogP) is 2.19. The van der Waals surface area contributed by atoms with E-state index < -0.39 is 0 Å². The van der Waals surface area contributed by atoms with E-state index in [4.69, 9.17) is 16.9 Å². The van der Waals surface area contributed by atoms with Crippen LogP contribution in [0.5, 0.6) is 0 Å². The summed E-state index contributed by atoms with van der Waals surface area (Å²) in [4.78, 5) is 0. The van der Waals surface area contributed by atoms with Crippen LogP contribution in [0.15, 0.2) is 24.4 Å². The van der Waals surface area contributed by atoms with Crippen molar-refractivity contribution in [1.29, 1.82) is 5.26 Å². The molecule has 2 aromatic rings. The van der Waals surface area contributed by atoms with Gasteiger partial charge in [-0.2, -0.15) is 5.26 Å². The van der Waals surface area contributed by atoms with Crippen molar-refractivity contribution in [2.75, 3.05) is 0 Å². The maximum absolute atomic E-state index is 8.86. The highest BCUT2D eigenvalue weighted by atomic mass is 35.5. The molecule has 4 nitrogen and oxygen atoms in total. The highest BCUT2D eigenvalue weighted by Crippen LogP contribution is 2.17. The van der Waals surface area contributed by atoms with Crippen molar-refractivity contribution < 1.29 is 0 Å². The molecule has 0 aliphatic heterocycles. The molecule has 1 aromatic heterocycles. The van der Waals surface area contributed by atoms with Gasteiger partial charge in [-0.1, -0.05) is 11.3 Å². The summed E-state index contributed by atoms with van der Waals surface area (Å²) in [6, 6.07) is 7.53. The Balaban J connectivity index is 2.60. The van der Waals surface area contributed by atoms with Crippen molar-refractivity contribution in [2.24, 2.45) is 0 Å². The summed E-state index contributed by atoms with van der Waals surface area (Å²) in [5.74, 6) is 0.337. The molecular weight excluding hydrogens is 224 g/mol. The number of alkyl halides is 1. The number of hydrogen-bond acceptors (Lipinski definition) is 3. The Morgan fingerprint density at radius 2 is 2.31 bits per heavy atom. The molecule has 0 fully saturated rings. The monoisotopic (exact) mass is 232 g/mol. The van der Waals surface area contributed by atoms with Gasteiger partial charge in [0.25, 0.3) is 0 Å². The third-order valence-electron chi connectivity index (χ3n) is 2.32. The highest BCUT2D eigenvalue weighted by molar-refractivity contribution is 6.16. The van der Waals surface area contributed by atoms with E-state index in [0.29, 0.717) is 11.4 Å². The van der Waals surface area contributed by atoms with Crippen LogP contribution in [0.1, 0.15) is 16.8 Å². The molecule has 1 aromatic carbocycles. The first-order valence-corrected chi connectivity index (χ1v) is 5.26. The van der Waals surface area contributed by atoms with Crippen LogP contribution in [-0.4, -0.2) is 15.0 Å². The highest BCUT2D eigenvalue weighted by Gasteiger charge is 2.08. The van der Waals surface area contributed by atoms with Crippen LogP contribution in [0.25, 0.3) is 5.69 Å². The Kier molecular flexibility index (Phi) is 2.88. The maximum atomic E-state index is 8.86. The molecule has 0 radical (unpaired) electrons. The lowest BCUT2D eigenvalue weighted by Crippen LogP contribution is -2.03. The van der Waals surface area contributed by atoms with E-state index in [-0.39, 0.29) is 0 Å². The topological polar surface area (TPSA) is 54.5 Å². The fourth-order valence-electron chi connectivity index (χ4n) is 1.46. The van der Waals surface area contributed by atoms with Gasteiger partial charge in [-0.25, -0.2) is 4.68 Å². The summed E-state index contributed by atoms with van der Waals surface area (Å²) in [6.07, 6.45) is 1.62. The number of aryl methyl sites for hydroxylation is 1. The molecule has 0 spiro atoms. The van der Waals surface area contributed by atoms with E-state index >= 15 is 0 Å². The summed E-state index contributed by atoms with van der Waals surface area (Å²) >= 11 is 5.78. The maximum Gasteiger partial charge on any atom is 0.0992 e. The van der Waals surface area contributed by atoms with Crippen molar-refractivity contribution in [2.45, 2.75) is 12.8 Å². The number of nitrogens with zero attached hydrogens (tertiary/aromatic N) is 4. The average Bonchev–Trinajstić information content (AvgIpc) is 2.77. The number of hydrogen-bond donors (Lipinski definition) is 0. The molecule has 0 aliphatic carbocycles. The lowest BCUT2D eigenvalue weighted by atomic mass is 10.1. The third-order valence-corrected chi connectivity index (χ3v) is 2.60. The van der Waals surface area contributed by atoms with Gasteiger partial charge in [0.2, 0.25) is 0 Å². The number of benzene rings is 1. The first kappa shape index (κ1) is 10.7. The SMILES string of the molecule is Cc1ccc(C#N)cc1-n1nncc1CCl. The molecule has 80 valence electrons. The van der Waals surface area contributed by atoms with Crippen molar-refractivity contribution in [3.05, 3.63) is 41.2 Å². The van der Waals surface area contributed by atoms with E-state index in [1.54, 1.807) is 23.0 Å². The first-order valence-electron chi connectivity index (χ1n) is 4.73. The van der Waals surface area contributed by atoms with Gasteiger partial charge in [-0.15, -0.1) is 16.7 Å². The lowest BCUT2D eigenvalue weighted by Gasteiger charge is -2.07. The zero-order valence-electron chi connectivity index (χ0n) is 8.68. The van der Waals surface area contributed by atoms with Gasteiger partial charge in [0.05, 0.1) is 35.1 Å². The molecule has 0 unspecified atom stereocenters. The second-order valence-corrected chi connectivity index (χ2v) is 3.65. The minimum absolute atomic E-state index is 0.337.